The highest BCUT2D eigenvalue weighted by Crippen LogP contribution is 2.33. The van der Waals surface area contributed by atoms with Crippen molar-refractivity contribution in [3.05, 3.63) is 66.1 Å². The van der Waals surface area contributed by atoms with E-state index in [4.69, 9.17) is 4.74 Å². The monoisotopic (exact) mass is 308 g/mol. The lowest BCUT2D eigenvalue weighted by Crippen LogP contribution is -2.38. The third kappa shape index (κ3) is 2.40. The molecule has 1 aromatic heterocycles. The van der Waals surface area contributed by atoms with E-state index < -0.39 is 5.82 Å². The molecule has 0 radical (unpaired) electrons. The molecule has 0 fully saturated rings. The van der Waals surface area contributed by atoms with E-state index in [1.165, 1.54) is 23.1 Å². The number of carbonyl (C=O) groups excluding carboxylic acids is 1. The molecule has 0 N–H and O–H groups in total. The zero-order valence-corrected chi connectivity index (χ0v) is 12.2. The zero-order valence-electron chi connectivity index (χ0n) is 12.2. The van der Waals surface area contributed by atoms with Crippen molar-refractivity contribution < 1.29 is 13.9 Å². The molecule has 1 aliphatic heterocycles. The number of rotatable bonds is 1. The lowest BCUT2D eigenvalue weighted by atomic mass is 10.1. The minimum Gasteiger partial charge on any atom is -0.490 e. The van der Waals surface area contributed by atoms with E-state index in [2.05, 4.69) is 4.98 Å². The zero-order chi connectivity index (χ0) is 15.8. The predicted octanol–water partition coefficient (Wildman–Crippen LogP) is 3.41. The van der Waals surface area contributed by atoms with Gasteiger partial charge in [-0.25, -0.2) is 9.37 Å². The number of para-hydroxylation sites is 1. The summed E-state index contributed by atoms with van der Waals surface area (Å²) in [6.07, 6.45) is 0. The Morgan fingerprint density at radius 2 is 2.00 bits per heavy atom. The molecule has 3 aromatic rings. The van der Waals surface area contributed by atoms with E-state index in [-0.39, 0.29) is 5.91 Å². The van der Waals surface area contributed by atoms with Gasteiger partial charge in [-0.2, -0.15) is 0 Å². The van der Waals surface area contributed by atoms with Crippen LogP contribution in [0.5, 0.6) is 5.75 Å². The maximum Gasteiger partial charge on any atom is 0.277 e. The summed E-state index contributed by atoms with van der Waals surface area (Å²) in [6, 6.07) is 15.3. The number of carbonyl (C=O) groups is 1. The second-order valence-corrected chi connectivity index (χ2v) is 5.31. The van der Waals surface area contributed by atoms with Crippen molar-refractivity contribution in [1.82, 2.24) is 4.98 Å². The number of hydrogen-bond donors (Lipinski definition) is 0. The second kappa shape index (κ2) is 5.35. The van der Waals surface area contributed by atoms with Crippen LogP contribution in [0.3, 0.4) is 0 Å². The Hall–Kier alpha value is -2.95. The summed E-state index contributed by atoms with van der Waals surface area (Å²) < 4.78 is 19.0. The highest BCUT2D eigenvalue weighted by molar-refractivity contribution is 6.06. The summed E-state index contributed by atoms with van der Waals surface area (Å²) in [4.78, 5) is 18.7. The molecule has 2 aromatic carbocycles. The Morgan fingerprint density at radius 3 is 2.91 bits per heavy atom. The number of ether oxygens (including phenoxy) is 1. The highest BCUT2D eigenvalue weighted by atomic mass is 19.1. The lowest BCUT2D eigenvalue weighted by Gasteiger charge is -2.29. The van der Waals surface area contributed by atoms with Crippen LogP contribution in [0.4, 0.5) is 10.1 Å². The molecule has 114 valence electrons. The van der Waals surface area contributed by atoms with E-state index in [9.17, 15) is 9.18 Å². The average molecular weight is 308 g/mol. The molecule has 4 nitrogen and oxygen atoms in total. The van der Waals surface area contributed by atoms with Crippen molar-refractivity contribution in [3.8, 4) is 5.75 Å². The number of fused-ring (bicyclic) bond motifs is 2. The molecule has 0 atom stereocenters. The predicted molar refractivity (Wildman–Crippen MR) is 85.3 cm³/mol. The second-order valence-electron chi connectivity index (χ2n) is 5.31. The van der Waals surface area contributed by atoms with Crippen molar-refractivity contribution in [3.63, 3.8) is 0 Å². The van der Waals surface area contributed by atoms with E-state index in [0.717, 1.165) is 10.9 Å². The summed E-state index contributed by atoms with van der Waals surface area (Å²) in [5.41, 5.74) is 1.53. The Kier molecular flexibility index (Phi) is 3.19. The fourth-order valence-electron chi connectivity index (χ4n) is 2.73. The van der Waals surface area contributed by atoms with E-state index in [1.807, 2.05) is 30.3 Å². The number of aromatic nitrogens is 1. The van der Waals surface area contributed by atoms with Crippen molar-refractivity contribution in [2.45, 2.75) is 0 Å². The number of nitrogens with zero attached hydrogens (tertiary/aromatic N) is 2. The third-order valence-electron chi connectivity index (χ3n) is 3.85. The molecule has 5 heteroatoms. The van der Waals surface area contributed by atoms with Gasteiger partial charge in [0.15, 0.2) is 0 Å². The van der Waals surface area contributed by atoms with Crippen molar-refractivity contribution in [2.24, 2.45) is 0 Å². The molecule has 0 aliphatic carbocycles. The van der Waals surface area contributed by atoms with Crippen molar-refractivity contribution in [1.29, 1.82) is 0 Å². The summed E-state index contributed by atoms with van der Waals surface area (Å²) in [7, 11) is 0. The maximum absolute atomic E-state index is 13.5. The van der Waals surface area contributed by atoms with Crippen LogP contribution in [0.2, 0.25) is 0 Å². The number of hydrogen-bond acceptors (Lipinski definition) is 3. The minimum absolute atomic E-state index is 0.258. The van der Waals surface area contributed by atoms with Gasteiger partial charge in [0.05, 0.1) is 17.7 Å². The maximum atomic E-state index is 13.5. The number of benzene rings is 2. The normalized spacial score (nSPS) is 13.5. The minimum atomic E-state index is -0.404. The van der Waals surface area contributed by atoms with Gasteiger partial charge in [0, 0.05) is 11.5 Å². The molecule has 2 heterocycles. The van der Waals surface area contributed by atoms with Crippen LogP contribution in [0.15, 0.2) is 54.6 Å². The van der Waals surface area contributed by atoms with Gasteiger partial charge in [-0.05, 0) is 24.3 Å². The molecular formula is C18H13FN2O2. The molecule has 1 aliphatic rings. The highest BCUT2D eigenvalue weighted by Gasteiger charge is 2.26. The molecule has 0 unspecified atom stereocenters. The fourth-order valence-corrected chi connectivity index (χ4v) is 2.73. The van der Waals surface area contributed by atoms with Crippen LogP contribution in [0.1, 0.15) is 10.5 Å². The quantitative estimate of drug-likeness (QED) is 0.692. The molecule has 0 saturated heterocycles. The van der Waals surface area contributed by atoms with Crippen LogP contribution in [0.25, 0.3) is 10.9 Å². The summed E-state index contributed by atoms with van der Waals surface area (Å²) in [5, 5.41) is 0.970. The summed E-state index contributed by atoms with van der Waals surface area (Å²) in [5.74, 6) is -0.156. The van der Waals surface area contributed by atoms with E-state index in [0.29, 0.717) is 30.3 Å². The van der Waals surface area contributed by atoms with Gasteiger partial charge >= 0.3 is 0 Å². The van der Waals surface area contributed by atoms with Gasteiger partial charge in [-0.15, -0.1) is 0 Å². The number of amides is 1. The molecule has 1 amide bonds. The van der Waals surface area contributed by atoms with Gasteiger partial charge in [-0.3, -0.25) is 4.79 Å². The standard InChI is InChI=1S/C18H13FN2O2/c19-13-6-8-17-16(11-13)21(9-10-23-17)18(22)15-7-5-12-3-1-2-4-14(12)20-15/h1-8,11H,9-10H2. The van der Waals surface area contributed by atoms with Crippen molar-refractivity contribution in [2.75, 3.05) is 18.1 Å². The molecule has 0 saturated carbocycles. The van der Waals surface area contributed by atoms with Gasteiger partial charge in [-0.1, -0.05) is 24.3 Å². The van der Waals surface area contributed by atoms with Crippen LogP contribution in [-0.4, -0.2) is 24.0 Å². The molecule has 4 rings (SSSR count). The van der Waals surface area contributed by atoms with E-state index in [1.54, 1.807) is 6.07 Å². The van der Waals surface area contributed by atoms with E-state index >= 15 is 0 Å². The van der Waals surface area contributed by atoms with Gasteiger partial charge < -0.3 is 9.64 Å². The van der Waals surface area contributed by atoms with Crippen molar-refractivity contribution >= 4 is 22.5 Å². The first-order valence-corrected chi connectivity index (χ1v) is 7.32. The molecule has 0 spiro atoms. The topological polar surface area (TPSA) is 42.4 Å². The molecule has 23 heavy (non-hydrogen) atoms. The Labute approximate surface area is 132 Å². The van der Waals surface area contributed by atoms with Crippen LogP contribution < -0.4 is 9.64 Å². The smallest absolute Gasteiger partial charge is 0.277 e. The molecule has 0 bridgehead atoms. The summed E-state index contributed by atoms with van der Waals surface area (Å²) >= 11 is 0. The first-order valence-electron chi connectivity index (χ1n) is 7.32. The SMILES string of the molecule is O=C(c1ccc2ccccc2n1)N1CCOc2ccc(F)cc21. The average Bonchev–Trinajstić information content (AvgIpc) is 2.60. The Balaban J connectivity index is 1.75. The van der Waals surface area contributed by atoms with Crippen LogP contribution in [-0.2, 0) is 0 Å². The number of pyridine rings is 1. The number of halogens is 1. The van der Waals surface area contributed by atoms with Crippen LogP contribution in [0, 0.1) is 5.82 Å². The fraction of sp³-hybridized carbons (Fsp3) is 0.111. The Bertz CT molecular complexity index is 910. The van der Waals surface area contributed by atoms with Gasteiger partial charge in [0.2, 0.25) is 0 Å². The van der Waals surface area contributed by atoms with Gasteiger partial charge in [0.25, 0.3) is 5.91 Å². The first kappa shape index (κ1) is 13.7. The summed E-state index contributed by atoms with van der Waals surface area (Å²) in [6.45, 7) is 0.738. The Morgan fingerprint density at radius 1 is 1.13 bits per heavy atom. The largest absolute Gasteiger partial charge is 0.490 e. The number of anilines is 1. The van der Waals surface area contributed by atoms with Gasteiger partial charge in [0.1, 0.15) is 23.9 Å². The third-order valence-corrected chi connectivity index (χ3v) is 3.85. The lowest BCUT2D eigenvalue weighted by molar-refractivity contribution is 0.0972. The first-order chi connectivity index (χ1) is 11.2. The van der Waals surface area contributed by atoms with Crippen LogP contribution >= 0.6 is 0 Å². The molecular weight excluding hydrogens is 295 g/mol.